The highest BCUT2D eigenvalue weighted by Crippen LogP contribution is 2.37. The number of H-pyrrole nitrogens is 1. The van der Waals surface area contributed by atoms with Crippen molar-refractivity contribution in [2.45, 2.75) is 36.1 Å². The summed E-state index contributed by atoms with van der Waals surface area (Å²) in [7, 11) is 0.402. The molecule has 3 aromatic rings. The minimum absolute atomic E-state index is 0.154. The number of para-hydroxylation sites is 2. The number of imidazole rings is 1. The molecule has 2 aromatic heterocycles. The van der Waals surface area contributed by atoms with Crippen LogP contribution in [-0.4, -0.2) is 26.3 Å². The Morgan fingerprint density at radius 2 is 2.12 bits per heavy atom. The smallest absolute Gasteiger partial charge is 0.198 e. The molecule has 5 nitrogen and oxygen atoms in total. The number of pyridine rings is 1. The molecule has 1 aliphatic carbocycles. The minimum atomic E-state index is -1.27. The van der Waals surface area contributed by atoms with Gasteiger partial charge in [0.15, 0.2) is 5.16 Å². The van der Waals surface area contributed by atoms with Crippen LogP contribution in [-0.2, 0) is 17.2 Å². The third-order valence-corrected chi connectivity index (χ3v) is 6.08. The number of benzene rings is 1. The quantitative estimate of drug-likeness (QED) is 0.740. The van der Waals surface area contributed by atoms with Crippen LogP contribution >= 0.6 is 0 Å². The summed E-state index contributed by atoms with van der Waals surface area (Å²) < 4.78 is 18.7. The molecule has 4 rings (SSSR count). The van der Waals surface area contributed by atoms with E-state index in [4.69, 9.17) is 4.74 Å². The van der Waals surface area contributed by atoms with E-state index in [0.29, 0.717) is 5.16 Å². The summed E-state index contributed by atoms with van der Waals surface area (Å²) >= 11 is 0. The Hall–Kier alpha value is -2.21. The molecule has 24 heavy (non-hydrogen) atoms. The van der Waals surface area contributed by atoms with Crippen molar-refractivity contribution >= 4 is 21.8 Å². The molecule has 2 heterocycles. The van der Waals surface area contributed by atoms with Crippen LogP contribution in [0.15, 0.2) is 41.7 Å². The zero-order valence-corrected chi connectivity index (χ0v) is 14.3. The molecule has 2 atom stereocenters. The normalized spacial score (nSPS) is 18.8. The molecule has 0 unspecified atom stereocenters. The number of nitrogens with zero attached hydrogens (tertiary/aromatic N) is 2. The number of aromatic nitrogens is 3. The molecular formula is C18H19N3O2S. The fourth-order valence-electron chi connectivity index (χ4n) is 3.35. The average molecular weight is 341 g/mol. The summed E-state index contributed by atoms with van der Waals surface area (Å²) in [5.41, 5.74) is 3.74. The molecule has 0 spiro atoms. The van der Waals surface area contributed by atoms with Crippen molar-refractivity contribution in [2.24, 2.45) is 0 Å². The number of ether oxygens (including phenoxy) is 1. The van der Waals surface area contributed by atoms with Crippen molar-refractivity contribution in [3.8, 4) is 5.75 Å². The van der Waals surface area contributed by atoms with Crippen LogP contribution < -0.4 is 4.74 Å². The van der Waals surface area contributed by atoms with Gasteiger partial charge in [-0.1, -0.05) is 18.6 Å². The van der Waals surface area contributed by atoms with Crippen LogP contribution in [0.1, 0.15) is 35.8 Å². The van der Waals surface area contributed by atoms with Gasteiger partial charge in [0, 0.05) is 11.8 Å². The maximum Gasteiger partial charge on any atom is 0.198 e. The van der Waals surface area contributed by atoms with Crippen LogP contribution in [0.25, 0.3) is 11.0 Å². The van der Waals surface area contributed by atoms with Crippen LogP contribution in [0.2, 0.25) is 0 Å². The highest BCUT2D eigenvalue weighted by molar-refractivity contribution is 7.85. The van der Waals surface area contributed by atoms with E-state index < -0.39 is 10.8 Å². The van der Waals surface area contributed by atoms with Crippen molar-refractivity contribution in [1.82, 2.24) is 15.0 Å². The first-order chi connectivity index (χ1) is 11.8. The topological polar surface area (TPSA) is 67.9 Å². The largest absolute Gasteiger partial charge is 0.496 e. The number of hydrogen-bond donors (Lipinski definition) is 1. The van der Waals surface area contributed by atoms with E-state index in [2.05, 4.69) is 15.0 Å². The number of nitrogens with one attached hydrogen (secondary N) is 1. The average Bonchev–Trinajstić information content (AvgIpc) is 2.93. The monoisotopic (exact) mass is 341 g/mol. The number of methoxy groups -OCH3 is 1. The lowest BCUT2D eigenvalue weighted by Crippen LogP contribution is -2.11. The SMILES string of the molecule is COc1ccnc2c1CCCC[C@H]2[S@@](=O)c1nc2ccccc2[nH]1. The predicted octanol–water partition coefficient (Wildman–Crippen LogP) is 3.54. The molecule has 1 aliphatic rings. The molecule has 0 fully saturated rings. The van der Waals surface area contributed by atoms with E-state index in [1.807, 2.05) is 30.3 Å². The standard InChI is InChI=1S/C18H19N3O2S/c1-23-15-10-11-19-17-12(15)6-2-5-9-16(17)24(22)18-20-13-7-3-4-8-14(13)21-18/h3-4,7-8,10-11,16H,2,5-6,9H2,1H3,(H,20,21)/t16-,24-/m1/s1. The fraction of sp³-hybridized carbons (Fsp3) is 0.333. The molecule has 124 valence electrons. The Kier molecular flexibility index (Phi) is 4.06. The number of rotatable bonds is 3. The molecule has 0 aliphatic heterocycles. The highest BCUT2D eigenvalue weighted by atomic mass is 32.2. The fourth-order valence-corrected chi connectivity index (χ4v) is 4.80. The first-order valence-electron chi connectivity index (χ1n) is 8.15. The summed E-state index contributed by atoms with van der Waals surface area (Å²) in [6.07, 6.45) is 5.59. The van der Waals surface area contributed by atoms with E-state index >= 15 is 0 Å². The summed E-state index contributed by atoms with van der Waals surface area (Å²) in [4.78, 5) is 12.3. The van der Waals surface area contributed by atoms with Gasteiger partial charge in [-0.25, -0.2) is 4.98 Å². The van der Waals surface area contributed by atoms with E-state index in [1.165, 1.54) is 0 Å². The van der Waals surface area contributed by atoms with Crippen molar-refractivity contribution in [3.05, 3.63) is 47.8 Å². The number of hydrogen-bond acceptors (Lipinski definition) is 4. The maximum atomic E-state index is 13.2. The van der Waals surface area contributed by atoms with Crippen molar-refractivity contribution in [1.29, 1.82) is 0 Å². The number of fused-ring (bicyclic) bond motifs is 2. The minimum Gasteiger partial charge on any atom is -0.496 e. The molecule has 6 heteroatoms. The van der Waals surface area contributed by atoms with Crippen LogP contribution in [0.4, 0.5) is 0 Å². The zero-order valence-electron chi connectivity index (χ0n) is 13.5. The highest BCUT2D eigenvalue weighted by Gasteiger charge is 2.29. The second kappa shape index (κ2) is 6.36. The molecule has 0 saturated heterocycles. The van der Waals surface area contributed by atoms with E-state index in [-0.39, 0.29) is 5.25 Å². The number of aromatic amines is 1. The maximum absolute atomic E-state index is 13.2. The molecule has 0 radical (unpaired) electrons. The van der Waals surface area contributed by atoms with Crippen molar-refractivity contribution in [3.63, 3.8) is 0 Å². The Balaban J connectivity index is 1.77. The van der Waals surface area contributed by atoms with Gasteiger partial charge in [-0.3, -0.25) is 9.19 Å². The first-order valence-corrected chi connectivity index (χ1v) is 9.36. The van der Waals surface area contributed by atoms with Gasteiger partial charge >= 0.3 is 0 Å². The Morgan fingerprint density at radius 1 is 1.25 bits per heavy atom. The molecule has 0 saturated carbocycles. The Morgan fingerprint density at radius 3 is 2.96 bits per heavy atom. The molecule has 1 aromatic carbocycles. The van der Waals surface area contributed by atoms with Gasteiger partial charge in [0.1, 0.15) is 5.75 Å². The van der Waals surface area contributed by atoms with Crippen LogP contribution in [0, 0.1) is 0 Å². The van der Waals surface area contributed by atoms with Crippen molar-refractivity contribution < 1.29 is 8.95 Å². The second-order valence-corrected chi connectivity index (χ2v) is 7.52. The predicted molar refractivity (Wildman–Crippen MR) is 93.6 cm³/mol. The molecular weight excluding hydrogens is 322 g/mol. The summed E-state index contributed by atoms with van der Waals surface area (Å²) in [6, 6.07) is 9.63. The molecule has 1 N–H and O–H groups in total. The molecule has 0 bridgehead atoms. The van der Waals surface area contributed by atoms with E-state index in [0.717, 1.165) is 53.7 Å². The van der Waals surface area contributed by atoms with Crippen LogP contribution in [0.5, 0.6) is 5.75 Å². The van der Waals surface area contributed by atoms with Crippen LogP contribution in [0.3, 0.4) is 0 Å². The van der Waals surface area contributed by atoms with Gasteiger partial charge in [-0.2, -0.15) is 0 Å². The van der Waals surface area contributed by atoms with E-state index in [9.17, 15) is 4.21 Å². The lowest BCUT2D eigenvalue weighted by molar-refractivity contribution is 0.408. The lowest BCUT2D eigenvalue weighted by atomic mass is 10.1. The summed E-state index contributed by atoms with van der Waals surface area (Å²) in [5, 5.41) is 0.372. The van der Waals surface area contributed by atoms with Gasteiger partial charge in [0.05, 0.1) is 39.9 Å². The third kappa shape index (κ3) is 2.60. The van der Waals surface area contributed by atoms with Gasteiger partial charge in [0.2, 0.25) is 0 Å². The zero-order chi connectivity index (χ0) is 16.5. The second-order valence-electron chi connectivity index (χ2n) is 5.97. The third-order valence-electron chi connectivity index (χ3n) is 4.53. The van der Waals surface area contributed by atoms with Crippen molar-refractivity contribution in [2.75, 3.05) is 7.11 Å². The van der Waals surface area contributed by atoms with Gasteiger partial charge in [0.25, 0.3) is 0 Å². The van der Waals surface area contributed by atoms with Gasteiger partial charge in [-0.05, 0) is 37.5 Å². The van der Waals surface area contributed by atoms with Gasteiger partial charge < -0.3 is 9.72 Å². The lowest BCUT2D eigenvalue weighted by Gasteiger charge is -2.16. The first kappa shape index (κ1) is 15.3. The summed E-state index contributed by atoms with van der Waals surface area (Å²) in [5.74, 6) is 0.841. The summed E-state index contributed by atoms with van der Waals surface area (Å²) in [6.45, 7) is 0. The Labute approximate surface area is 142 Å². The molecule has 0 amide bonds. The van der Waals surface area contributed by atoms with E-state index in [1.54, 1.807) is 13.3 Å². The van der Waals surface area contributed by atoms with Gasteiger partial charge in [-0.15, -0.1) is 0 Å². The Bertz CT molecular complexity index is 873.